The lowest BCUT2D eigenvalue weighted by Gasteiger charge is -2.31. The molecule has 0 unspecified atom stereocenters. The summed E-state index contributed by atoms with van der Waals surface area (Å²) in [7, 11) is 0. The van der Waals surface area contributed by atoms with Crippen LogP contribution in [0.25, 0.3) is 0 Å². The second kappa shape index (κ2) is 8.35. The van der Waals surface area contributed by atoms with E-state index in [4.69, 9.17) is 10.5 Å². The second-order valence-electron chi connectivity index (χ2n) is 7.30. The minimum atomic E-state index is -0.320. The molecule has 2 heterocycles. The van der Waals surface area contributed by atoms with Gasteiger partial charge in [0.05, 0.1) is 11.1 Å². The fourth-order valence-corrected chi connectivity index (χ4v) is 4.12. The molecule has 0 bridgehead atoms. The summed E-state index contributed by atoms with van der Waals surface area (Å²) in [6.07, 6.45) is 2.48. The second-order valence-corrected chi connectivity index (χ2v) is 7.30. The van der Waals surface area contributed by atoms with Gasteiger partial charge in [-0.15, -0.1) is 0 Å². The minimum Gasteiger partial charge on any atom is -0.440 e. The molecule has 2 aromatic rings. The van der Waals surface area contributed by atoms with Crippen LogP contribution in [0.1, 0.15) is 49.4 Å². The lowest BCUT2D eigenvalue weighted by molar-refractivity contribution is 0.344. The summed E-state index contributed by atoms with van der Waals surface area (Å²) < 4.78 is 7.50. The average Bonchev–Trinajstić information content (AvgIpc) is 2.69. The molecule has 0 amide bonds. The van der Waals surface area contributed by atoms with Gasteiger partial charge in [0.25, 0.3) is 5.56 Å². The van der Waals surface area contributed by atoms with E-state index in [-0.39, 0.29) is 23.3 Å². The SMILES string of the molecule is CCC(CC)[C@H]1C(C#N)=C(N)Oc2cc(C)n(CCc3ccccc3)c(=O)c21. The van der Waals surface area contributed by atoms with Crippen molar-refractivity contribution in [3.05, 3.63) is 75.0 Å². The molecule has 0 radical (unpaired) electrons. The molecule has 3 rings (SSSR count). The van der Waals surface area contributed by atoms with E-state index in [2.05, 4.69) is 32.0 Å². The van der Waals surface area contributed by atoms with Gasteiger partial charge in [-0.1, -0.05) is 57.0 Å². The third kappa shape index (κ3) is 3.55. The Morgan fingerprint density at radius 3 is 2.54 bits per heavy atom. The van der Waals surface area contributed by atoms with Gasteiger partial charge in [-0.05, 0) is 24.8 Å². The Labute approximate surface area is 166 Å². The predicted octanol–water partition coefficient (Wildman–Crippen LogP) is 4.01. The van der Waals surface area contributed by atoms with E-state index >= 15 is 0 Å². The number of benzene rings is 1. The maximum atomic E-state index is 13.5. The molecule has 1 aromatic carbocycles. The topological polar surface area (TPSA) is 81.0 Å². The predicted molar refractivity (Wildman–Crippen MR) is 110 cm³/mol. The molecular formula is C23H27N3O2. The first-order valence-corrected chi connectivity index (χ1v) is 9.87. The zero-order valence-electron chi connectivity index (χ0n) is 16.7. The van der Waals surface area contributed by atoms with Gasteiger partial charge in [0.1, 0.15) is 11.8 Å². The maximum absolute atomic E-state index is 13.5. The van der Waals surface area contributed by atoms with Gasteiger partial charge in [0, 0.05) is 24.2 Å². The summed E-state index contributed by atoms with van der Waals surface area (Å²) in [5.41, 5.74) is 8.91. The Kier molecular flexibility index (Phi) is 5.89. The number of allylic oxidation sites excluding steroid dienone is 1. The van der Waals surface area contributed by atoms with Crippen molar-refractivity contribution in [2.75, 3.05) is 0 Å². The number of rotatable bonds is 6. The van der Waals surface area contributed by atoms with Crippen molar-refractivity contribution in [2.45, 2.75) is 52.5 Å². The van der Waals surface area contributed by atoms with Gasteiger partial charge in [0.15, 0.2) is 0 Å². The number of nitriles is 1. The van der Waals surface area contributed by atoms with Crippen LogP contribution < -0.4 is 16.0 Å². The minimum absolute atomic E-state index is 0.0805. The van der Waals surface area contributed by atoms with Crippen molar-refractivity contribution in [2.24, 2.45) is 11.7 Å². The van der Waals surface area contributed by atoms with Gasteiger partial charge in [0.2, 0.25) is 5.88 Å². The number of pyridine rings is 1. The lowest BCUT2D eigenvalue weighted by atomic mass is 9.77. The number of hydrogen-bond acceptors (Lipinski definition) is 4. The number of hydrogen-bond donors (Lipinski definition) is 1. The van der Waals surface area contributed by atoms with Crippen LogP contribution in [-0.2, 0) is 13.0 Å². The summed E-state index contributed by atoms with van der Waals surface area (Å²) in [4.78, 5) is 13.5. The van der Waals surface area contributed by atoms with Crippen LogP contribution in [-0.4, -0.2) is 4.57 Å². The molecule has 1 aliphatic heterocycles. The highest BCUT2D eigenvalue weighted by atomic mass is 16.5. The molecule has 1 aromatic heterocycles. The molecule has 0 saturated heterocycles. The quantitative estimate of drug-likeness (QED) is 0.825. The van der Waals surface area contributed by atoms with E-state index in [0.717, 1.165) is 25.0 Å². The number of aromatic nitrogens is 1. The van der Waals surface area contributed by atoms with Crippen LogP contribution >= 0.6 is 0 Å². The Balaban J connectivity index is 2.08. The van der Waals surface area contributed by atoms with E-state index in [0.29, 0.717) is 23.4 Å². The van der Waals surface area contributed by atoms with Crippen molar-refractivity contribution in [3.63, 3.8) is 0 Å². The Morgan fingerprint density at radius 1 is 1.25 bits per heavy atom. The van der Waals surface area contributed by atoms with Crippen LogP contribution in [0.4, 0.5) is 0 Å². The Hall–Kier alpha value is -3.00. The van der Waals surface area contributed by atoms with E-state index in [1.807, 2.05) is 31.2 Å². The van der Waals surface area contributed by atoms with Crippen LogP contribution in [0.2, 0.25) is 0 Å². The molecular weight excluding hydrogens is 350 g/mol. The van der Waals surface area contributed by atoms with Gasteiger partial charge in [-0.25, -0.2) is 0 Å². The largest absolute Gasteiger partial charge is 0.440 e. The summed E-state index contributed by atoms with van der Waals surface area (Å²) >= 11 is 0. The summed E-state index contributed by atoms with van der Waals surface area (Å²) in [6, 6.07) is 14.2. The van der Waals surface area contributed by atoms with Crippen molar-refractivity contribution < 1.29 is 4.74 Å². The normalized spacial score (nSPS) is 15.9. The number of nitrogens with zero attached hydrogens (tertiary/aromatic N) is 2. The molecule has 0 fully saturated rings. The van der Waals surface area contributed by atoms with Crippen molar-refractivity contribution in [1.82, 2.24) is 4.57 Å². The molecule has 28 heavy (non-hydrogen) atoms. The molecule has 0 aliphatic carbocycles. The third-order valence-corrected chi connectivity index (χ3v) is 5.72. The zero-order chi connectivity index (χ0) is 20.3. The summed E-state index contributed by atoms with van der Waals surface area (Å²) in [6.45, 7) is 6.65. The number of nitrogens with two attached hydrogens (primary N) is 1. The molecule has 146 valence electrons. The maximum Gasteiger partial charge on any atom is 0.258 e. The standard InChI is InChI=1S/C23H27N3O2/c1-4-17(5-2)20-18(14-24)22(25)28-19-13-15(3)26(23(27)21(19)20)12-11-16-9-7-6-8-10-16/h6-10,13,17,20H,4-5,11-12,25H2,1-3H3/t20-/m0/s1. The monoisotopic (exact) mass is 377 g/mol. The van der Waals surface area contributed by atoms with Crippen LogP contribution in [0.3, 0.4) is 0 Å². The third-order valence-electron chi connectivity index (χ3n) is 5.72. The first-order chi connectivity index (χ1) is 13.5. The van der Waals surface area contributed by atoms with E-state index < -0.39 is 0 Å². The molecule has 5 heteroatoms. The van der Waals surface area contributed by atoms with Gasteiger partial charge in [-0.2, -0.15) is 5.26 Å². The van der Waals surface area contributed by atoms with Gasteiger partial charge >= 0.3 is 0 Å². The highest BCUT2D eigenvalue weighted by molar-refractivity contribution is 5.50. The van der Waals surface area contributed by atoms with E-state index in [1.54, 1.807) is 4.57 Å². The lowest BCUT2D eigenvalue weighted by Crippen LogP contribution is -2.35. The number of fused-ring (bicyclic) bond motifs is 1. The van der Waals surface area contributed by atoms with E-state index in [9.17, 15) is 10.1 Å². The fraction of sp³-hybridized carbons (Fsp3) is 0.391. The van der Waals surface area contributed by atoms with Gasteiger partial charge < -0.3 is 15.0 Å². The zero-order valence-corrected chi connectivity index (χ0v) is 16.7. The van der Waals surface area contributed by atoms with Crippen molar-refractivity contribution in [3.8, 4) is 11.8 Å². The molecule has 5 nitrogen and oxygen atoms in total. The molecule has 2 N–H and O–H groups in total. The summed E-state index contributed by atoms with van der Waals surface area (Å²) in [5.74, 6) is 0.452. The van der Waals surface area contributed by atoms with Gasteiger partial charge in [-0.3, -0.25) is 4.79 Å². The molecule has 0 saturated carbocycles. The highest BCUT2D eigenvalue weighted by Crippen LogP contribution is 2.42. The summed E-state index contributed by atoms with van der Waals surface area (Å²) in [5, 5.41) is 9.69. The van der Waals surface area contributed by atoms with Crippen molar-refractivity contribution in [1.29, 1.82) is 5.26 Å². The highest BCUT2D eigenvalue weighted by Gasteiger charge is 2.36. The number of ether oxygens (including phenoxy) is 1. The number of aryl methyl sites for hydroxylation is 2. The van der Waals surface area contributed by atoms with Crippen LogP contribution in [0.5, 0.6) is 5.75 Å². The fourth-order valence-electron chi connectivity index (χ4n) is 4.12. The van der Waals surface area contributed by atoms with Crippen LogP contribution in [0, 0.1) is 24.2 Å². The molecule has 0 spiro atoms. The first kappa shape index (κ1) is 19.8. The Bertz CT molecular complexity index is 979. The molecule has 1 atom stereocenters. The average molecular weight is 377 g/mol. The van der Waals surface area contributed by atoms with Crippen LogP contribution in [0.15, 0.2) is 52.6 Å². The van der Waals surface area contributed by atoms with E-state index in [1.165, 1.54) is 5.56 Å². The van der Waals surface area contributed by atoms with Crippen molar-refractivity contribution >= 4 is 0 Å². The smallest absolute Gasteiger partial charge is 0.258 e. The molecule has 1 aliphatic rings. The first-order valence-electron chi connectivity index (χ1n) is 9.87. The Morgan fingerprint density at radius 2 is 1.93 bits per heavy atom.